The van der Waals surface area contributed by atoms with E-state index in [2.05, 4.69) is 24.4 Å². The molecule has 0 amide bonds. The fourth-order valence-corrected chi connectivity index (χ4v) is 2.45. The van der Waals surface area contributed by atoms with Gasteiger partial charge in [-0.1, -0.05) is 55.3 Å². The maximum Gasteiger partial charge on any atom is 0.127 e. The van der Waals surface area contributed by atoms with Crippen molar-refractivity contribution in [3.8, 4) is 16.9 Å². The monoisotopic (exact) mass is 317 g/mol. The SMILES string of the molecule is CCCCNCCCOc1ccc(Cl)cc1-c1ccccc1. The molecule has 0 fully saturated rings. The Balaban J connectivity index is 1.91. The predicted molar refractivity (Wildman–Crippen MR) is 94.8 cm³/mol. The number of hydrogen-bond donors (Lipinski definition) is 1. The van der Waals surface area contributed by atoms with E-state index in [1.807, 2.05) is 36.4 Å². The molecule has 0 saturated heterocycles. The van der Waals surface area contributed by atoms with E-state index in [1.165, 1.54) is 12.8 Å². The minimum atomic E-state index is 0.709. The summed E-state index contributed by atoms with van der Waals surface area (Å²) in [6.45, 7) is 5.00. The first-order valence-corrected chi connectivity index (χ1v) is 8.37. The third kappa shape index (κ3) is 5.36. The average molecular weight is 318 g/mol. The van der Waals surface area contributed by atoms with Crippen molar-refractivity contribution in [1.82, 2.24) is 5.32 Å². The number of rotatable bonds is 9. The van der Waals surface area contributed by atoms with Crippen LogP contribution >= 0.6 is 11.6 Å². The van der Waals surface area contributed by atoms with Crippen LogP contribution in [-0.2, 0) is 0 Å². The summed E-state index contributed by atoms with van der Waals surface area (Å²) >= 11 is 6.13. The van der Waals surface area contributed by atoms with E-state index in [4.69, 9.17) is 16.3 Å². The van der Waals surface area contributed by atoms with Gasteiger partial charge in [0, 0.05) is 10.6 Å². The fraction of sp³-hybridized carbons (Fsp3) is 0.368. The predicted octanol–water partition coefficient (Wildman–Crippen LogP) is 5.17. The Morgan fingerprint density at radius 2 is 1.77 bits per heavy atom. The maximum absolute atomic E-state index is 6.13. The zero-order chi connectivity index (χ0) is 15.6. The van der Waals surface area contributed by atoms with E-state index in [0.717, 1.165) is 41.4 Å². The number of benzene rings is 2. The normalized spacial score (nSPS) is 10.6. The topological polar surface area (TPSA) is 21.3 Å². The van der Waals surface area contributed by atoms with Crippen molar-refractivity contribution in [2.75, 3.05) is 19.7 Å². The number of ether oxygens (including phenoxy) is 1. The molecule has 0 bridgehead atoms. The van der Waals surface area contributed by atoms with Crippen LogP contribution in [0.3, 0.4) is 0 Å². The molecule has 0 spiro atoms. The van der Waals surface area contributed by atoms with E-state index >= 15 is 0 Å². The zero-order valence-corrected chi connectivity index (χ0v) is 13.9. The van der Waals surface area contributed by atoms with Crippen LogP contribution in [0.25, 0.3) is 11.1 Å². The van der Waals surface area contributed by atoms with E-state index in [9.17, 15) is 0 Å². The molecule has 0 aliphatic rings. The minimum absolute atomic E-state index is 0.709. The molecule has 0 heterocycles. The van der Waals surface area contributed by atoms with Gasteiger partial charge in [-0.15, -0.1) is 0 Å². The van der Waals surface area contributed by atoms with Gasteiger partial charge in [0.15, 0.2) is 0 Å². The summed E-state index contributed by atoms with van der Waals surface area (Å²) in [5.74, 6) is 0.893. The van der Waals surface area contributed by atoms with Gasteiger partial charge in [-0.3, -0.25) is 0 Å². The first-order valence-electron chi connectivity index (χ1n) is 7.99. The molecule has 0 unspecified atom stereocenters. The molecule has 0 saturated carbocycles. The van der Waals surface area contributed by atoms with Gasteiger partial charge in [0.1, 0.15) is 5.75 Å². The van der Waals surface area contributed by atoms with Gasteiger partial charge in [-0.25, -0.2) is 0 Å². The summed E-state index contributed by atoms with van der Waals surface area (Å²) in [5, 5.41) is 4.16. The van der Waals surface area contributed by atoms with Crippen molar-refractivity contribution in [3.63, 3.8) is 0 Å². The molecule has 1 N–H and O–H groups in total. The van der Waals surface area contributed by atoms with E-state index in [0.29, 0.717) is 6.61 Å². The van der Waals surface area contributed by atoms with Crippen molar-refractivity contribution in [2.24, 2.45) is 0 Å². The first-order chi connectivity index (χ1) is 10.8. The largest absolute Gasteiger partial charge is 0.493 e. The smallest absolute Gasteiger partial charge is 0.127 e. The molecular weight excluding hydrogens is 294 g/mol. The van der Waals surface area contributed by atoms with E-state index in [-0.39, 0.29) is 0 Å². The fourth-order valence-electron chi connectivity index (χ4n) is 2.28. The third-order valence-corrected chi connectivity index (χ3v) is 3.72. The van der Waals surface area contributed by atoms with Crippen LogP contribution in [0.2, 0.25) is 5.02 Å². The Labute approximate surface area is 138 Å². The zero-order valence-electron chi connectivity index (χ0n) is 13.1. The first kappa shape index (κ1) is 16.9. The number of unbranched alkanes of at least 4 members (excludes halogenated alkanes) is 1. The molecule has 2 aromatic rings. The van der Waals surface area contributed by atoms with Crippen LogP contribution in [0.15, 0.2) is 48.5 Å². The Hall–Kier alpha value is -1.51. The summed E-state index contributed by atoms with van der Waals surface area (Å²) in [6, 6.07) is 16.0. The number of halogens is 1. The van der Waals surface area contributed by atoms with Crippen molar-refractivity contribution in [3.05, 3.63) is 53.6 Å². The van der Waals surface area contributed by atoms with Gasteiger partial charge < -0.3 is 10.1 Å². The molecule has 0 aliphatic carbocycles. The molecule has 118 valence electrons. The Morgan fingerprint density at radius 3 is 2.55 bits per heavy atom. The summed E-state index contributed by atoms with van der Waals surface area (Å²) in [7, 11) is 0. The Morgan fingerprint density at radius 1 is 1.00 bits per heavy atom. The molecule has 0 aliphatic heterocycles. The van der Waals surface area contributed by atoms with Gasteiger partial charge in [-0.2, -0.15) is 0 Å². The van der Waals surface area contributed by atoms with Crippen LogP contribution in [0, 0.1) is 0 Å². The highest BCUT2D eigenvalue weighted by Gasteiger charge is 2.07. The van der Waals surface area contributed by atoms with Gasteiger partial charge in [0.25, 0.3) is 0 Å². The number of nitrogens with one attached hydrogen (secondary N) is 1. The molecule has 2 rings (SSSR count). The summed E-state index contributed by atoms with van der Waals surface area (Å²) < 4.78 is 5.95. The second-order valence-corrected chi connectivity index (χ2v) is 5.75. The lowest BCUT2D eigenvalue weighted by Gasteiger charge is -2.12. The molecule has 0 aromatic heterocycles. The molecule has 0 radical (unpaired) electrons. The second kappa shape index (κ2) is 9.50. The maximum atomic E-state index is 6.13. The number of hydrogen-bond acceptors (Lipinski definition) is 2. The molecular formula is C19H24ClNO. The van der Waals surface area contributed by atoms with Crippen molar-refractivity contribution in [1.29, 1.82) is 0 Å². The lowest BCUT2D eigenvalue weighted by molar-refractivity contribution is 0.309. The lowest BCUT2D eigenvalue weighted by atomic mass is 10.0. The molecule has 3 heteroatoms. The molecule has 22 heavy (non-hydrogen) atoms. The van der Waals surface area contributed by atoms with Gasteiger partial charge in [0.2, 0.25) is 0 Å². The van der Waals surface area contributed by atoms with Crippen molar-refractivity contribution < 1.29 is 4.74 Å². The summed E-state index contributed by atoms with van der Waals surface area (Å²) in [4.78, 5) is 0. The van der Waals surface area contributed by atoms with Crippen LogP contribution in [0.5, 0.6) is 5.75 Å². The Bertz CT molecular complexity index is 557. The highest BCUT2D eigenvalue weighted by Crippen LogP contribution is 2.32. The molecule has 2 nitrogen and oxygen atoms in total. The second-order valence-electron chi connectivity index (χ2n) is 5.31. The van der Waals surface area contributed by atoms with Gasteiger partial charge in [-0.05, 0) is 49.7 Å². The lowest BCUT2D eigenvalue weighted by Crippen LogP contribution is -2.18. The van der Waals surface area contributed by atoms with Crippen LogP contribution in [0.1, 0.15) is 26.2 Å². The van der Waals surface area contributed by atoms with Crippen LogP contribution < -0.4 is 10.1 Å². The Kier molecular flexibility index (Phi) is 7.27. The minimum Gasteiger partial charge on any atom is -0.493 e. The highest BCUT2D eigenvalue weighted by molar-refractivity contribution is 6.31. The summed E-state index contributed by atoms with van der Waals surface area (Å²) in [6.07, 6.45) is 3.46. The molecule has 0 atom stereocenters. The van der Waals surface area contributed by atoms with Crippen molar-refractivity contribution in [2.45, 2.75) is 26.2 Å². The average Bonchev–Trinajstić information content (AvgIpc) is 2.56. The van der Waals surface area contributed by atoms with Crippen LogP contribution in [-0.4, -0.2) is 19.7 Å². The van der Waals surface area contributed by atoms with Crippen LogP contribution in [0.4, 0.5) is 0 Å². The van der Waals surface area contributed by atoms with Gasteiger partial charge >= 0.3 is 0 Å². The highest BCUT2D eigenvalue weighted by atomic mass is 35.5. The third-order valence-electron chi connectivity index (χ3n) is 3.49. The van der Waals surface area contributed by atoms with Gasteiger partial charge in [0.05, 0.1) is 6.61 Å². The molecule has 2 aromatic carbocycles. The van der Waals surface area contributed by atoms with E-state index < -0.39 is 0 Å². The quantitative estimate of drug-likeness (QED) is 0.644. The van der Waals surface area contributed by atoms with E-state index in [1.54, 1.807) is 0 Å². The summed E-state index contributed by atoms with van der Waals surface area (Å²) in [5.41, 5.74) is 2.17. The van der Waals surface area contributed by atoms with Crippen molar-refractivity contribution >= 4 is 11.6 Å². The standard InChI is InChI=1S/C19H24ClNO/c1-2-3-12-21-13-7-14-22-19-11-10-17(20)15-18(19)16-8-5-4-6-9-16/h4-6,8-11,15,21H,2-3,7,12-14H2,1H3.